The van der Waals surface area contributed by atoms with Gasteiger partial charge in [-0.3, -0.25) is 9.59 Å². The first kappa shape index (κ1) is 24.2. The molecule has 0 radical (unpaired) electrons. The summed E-state index contributed by atoms with van der Waals surface area (Å²) in [4.78, 5) is 23.9. The quantitative estimate of drug-likeness (QED) is 0.256. The molecule has 3 aromatic carbocycles. The number of carbonyl (C=O) groups is 2. The number of methoxy groups -OCH3 is 1. The molecule has 33 heavy (non-hydrogen) atoms. The number of nitrogens with one attached hydrogen (secondary N) is 2. The number of rotatable bonds is 7. The highest BCUT2D eigenvalue weighted by molar-refractivity contribution is 9.10. The van der Waals surface area contributed by atoms with Crippen LogP contribution in [0.3, 0.4) is 0 Å². The molecule has 3 rings (SSSR count). The summed E-state index contributed by atoms with van der Waals surface area (Å²) < 4.78 is 25.5. The van der Waals surface area contributed by atoms with Crippen LogP contribution in [-0.4, -0.2) is 25.1 Å². The summed E-state index contributed by atoms with van der Waals surface area (Å²) in [6.45, 7) is 0.00780. The lowest BCUT2D eigenvalue weighted by Gasteiger charge is -2.14. The van der Waals surface area contributed by atoms with Gasteiger partial charge in [-0.2, -0.15) is 5.10 Å². The zero-order valence-corrected chi connectivity index (χ0v) is 19.6. The molecule has 0 aliphatic carbocycles. The van der Waals surface area contributed by atoms with Crippen molar-refractivity contribution in [3.8, 4) is 11.5 Å². The summed E-state index contributed by atoms with van der Waals surface area (Å²) in [7, 11) is 1.46. The fourth-order valence-electron chi connectivity index (χ4n) is 2.66. The number of halogens is 3. The minimum atomic E-state index is -0.947. The Bertz CT molecular complexity index is 1190. The molecule has 170 valence electrons. The van der Waals surface area contributed by atoms with Gasteiger partial charge in [0.15, 0.2) is 11.5 Å². The van der Waals surface area contributed by atoms with Crippen molar-refractivity contribution in [2.45, 2.75) is 6.61 Å². The van der Waals surface area contributed by atoms with E-state index in [4.69, 9.17) is 21.1 Å². The molecule has 7 nitrogen and oxygen atoms in total. The molecule has 0 saturated carbocycles. The lowest BCUT2D eigenvalue weighted by Crippen LogP contribution is -2.32. The van der Waals surface area contributed by atoms with Crippen LogP contribution in [0.4, 0.5) is 10.1 Å². The predicted molar refractivity (Wildman–Crippen MR) is 127 cm³/mol. The number of hydrogen-bond donors (Lipinski definition) is 2. The van der Waals surface area contributed by atoms with Crippen LogP contribution < -0.4 is 20.2 Å². The first-order chi connectivity index (χ1) is 15.9. The third-order valence-corrected chi connectivity index (χ3v) is 5.11. The molecule has 0 atom stereocenters. The van der Waals surface area contributed by atoms with Gasteiger partial charge in [0, 0.05) is 16.3 Å². The van der Waals surface area contributed by atoms with Crippen LogP contribution in [0.25, 0.3) is 0 Å². The molecule has 3 aromatic rings. The van der Waals surface area contributed by atoms with E-state index in [0.717, 1.165) is 0 Å². The Morgan fingerprint density at radius 1 is 1.12 bits per heavy atom. The van der Waals surface area contributed by atoms with Gasteiger partial charge in [-0.1, -0.05) is 29.8 Å². The molecule has 2 amide bonds. The van der Waals surface area contributed by atoms with E-state index < -0.39 is 11.8 Å². The summed E-state index contributed by atoms with van der Waals surface area (Å²) >= 11 is 9.18. The van der Waals surface area contributed by atoms with Crippen molar-refractivity contribution in [1.82, 2.24) is 5.43 Å². The molecule has 0 fully saturated rings. The zero-order valence-electron chi connectivity index (χ0n) is 17.3. The van der Waals surface area contributed by atoms with Gasteiger partial charge in [0.2, 0.25) is 0 Å². The average molecular weight is 535 g/mol. The van der Waals surface area contributed by atoms with Crippen LogP contribution in [0, 0.1) is 5.82 Å². The van der Waals surface area contributed by atoms with Gasteiger partial charge >= 0.3 is 11.8 Å². The molecule has 0 heterocycles. The number of benzene rings is 3. The van der Waals surface area contributed by atoms with Gasteiger partial charge in [-0.05, 0) is 64.0 Å². The lowest BCUT2D eigenvalue weighted by atomic mass is 10.2. The van der Waals surface area contributed by atoms with Crippen molar-refractivity contribution in [1.29, 1.82) is 0 Å². The SMILES string of the molecule is COc1cc(/C=N/NC(=O)C(=O)Nc2ccc(Cl)cc2)cc(Br)c1OCc1ccccc1F. The van der Waals surface area contributed by atoms with E-state index >= 15 is 0 Å². The first-order valence-electron chi connectivity index (χ1n) is 9.51. The topological polar surface area (TPSA) is 89.0 Å². The molecule has 10 heteroatoms. The van der Waals surface area contributed by atoms with Gasteiger partial charge in [-0.15, -0.1) is 0 Å². The maximum atomic E-state index is 13.8. The Labute approximate surface area is 202 Å². The third kappa shape index (κ3) is 6.77. The van der Waals surface area contributed by atoms with Crippen LogP contribution in [0.15, 0.2) is 70.2 Å². The minimum Gasteiger partial charge on any atom is -0.493 e. The van der Waals surface area contributed by atoms with Gasteiger partial charge in [0.05, 0.1) is 17.8 Å². The molecule has 0 aromatic heterocycles. The van der Waals surface area contributed by atoms with E-state index in [0.29, 0.717) is 37.8 Å². The monoisotopic (exact) mass is 533 g/mol. The van der Waals surface area contributed by atoms with Crippen molar-refractivity contribution in [2.75, 3.05) is 12.4 Å². The molecule has 0 aliphatic rings. The lowest BCUT2D eigenvalue weighted by molar-refractivity contribution is -0.136. The van der Waals surface area contributed by atoms with Crippen molar-refractivity contribution >= 4 is 51.2 Å². The second-order valence-corrected chi connectivity index (χ2v) is 7.87. The highest BCUT2D eigenvalue weighted by Gasteiger charge is 2.14. The van der Waals surface area contributed by atoms with Gasteiger partial charge < -0.3 is 14.8 Å². The largest absolute Gasteiger partial charge is 0.493 e. The third-order valence-electron chi connectivity index (χ3n) is 4.27. The maximum Gasteiger partial charge on any atom is 0.329 e. The fraction of sp³-hybridized carbons (Fsp3) is 0.0870. The second kappa shape index (κ2) is 11.4. The molecule has 0 aliphatic heterocycles. The maximum absolute atomic E-state index is 13.8. The Kier molecular flexibility index (Phi) is 8.39. The van der Waals surface area contributed by atoms with E-state index in [1.54, 1.807) is 54.6 Å². The normalized spacial score (nSPS) is 10.7. The smallest absolute Gasteiger partial charge is 0.329 e. The van der Waals surface area contributed by atoms with Crippen molar-refractivity contribution < 1.29 is 23.5 Å². The Morgan fingerprint density at radius 3 is 2.55 bits per heavy atom. The summed E-state index contributed by atoms with van der Waals surface area (Å²) in [6, 6.07) is 15.9. The number of hydrazone groups is 1. The van der Waals surface area contributed by atoms with E-state index in [2.05, 4.69) is 31.8 Å². The van der Waals surface area contributed by atoms with Gasteiger partial charge in [-0.25, -0.2) is 9.82 Å². The Hall–Kier alpha value is -3.43. The number of amides is 2. The number of carbonyl (C=O) groups excluding carboxylic acids is 2. The molecular weight excluding hydrogens is 517 g/mol. The number of nitrogens with zero attached hydrogens (tertiary/aromatic N) is 1. The van der Waals surface area contributed by atoms with Gasteiger partial charge in [0.1, 0.15) is 12.4 Å². The fourth-order valence-corrected chi connectivity index (χ4v) is 3.36. The summed E-state index contributed by atoms with van der Waals surface area (Å²) in [6.07, 6.45) is 1.33. The van der Waals surface area contributed by atoms with Crippen molar-refractivity contribution in [3.05, 3.63) is 87.1 Å². The van der Waals surface area contributed by atoms with Gasteiger partial charge in [0.25, 0.3) is 0 Å². The molecule has 0 saturated heterocycles. The predicted octanol–water partition coefficient (Wildman–Crippen LogP) is 4.92. The zero-order chi connectivity index (χ0) is 23.8. The molecular formula is C23H18BrClFN3O4. The molecule has 0 bridgehead atoms. The summed E-state index contributed by atoms with van der Waals surface area (Å²) in [5.41, 5.74) is 3.52. The minimum absolute atomic E-state index is 0.00780. The molecule has 0 unspecified atom stereocenters. The van der Waals surface area contributed by atoms with E-state index in [1.165, 1.54) is 19.4 Å². The van der Waals surface area contributed by atoms with Crippen LogP contribution in [0.1, 0.15) is 11.1 Å². The summed E-state index contributed by atoms with van der Waals surface area (Å²) in [5, 5.41) is 6.73. The standard InChI is InChI=1S/C23H18BrClFN3O4/c1-32-20-11-14(10-18(24)21(20)33-13-15-4-2-3-5-19(15)26)12-27-29-23(31)22(30)28-17-8-6-16(25)7-9-17/h2-12H,13H2,1H3,(H,28,30)(H,29,31)/b27-12+. The summed E-state index contributed by atoms with van der Waals surface area (Å²) in [5.74, 6) is -1.45. The van der Waals surface area contributed by atoms with Crippen molar-refractivity contribution in [2.24, 2.45) is 5.10 Å². The number of ether oxygens (including phenoxy) is 2. The van der Waals surface area contributed by atoms with E-state index in [-0.39, 0.29) is 12.4 Å². The highest BCUT2D eigenvalue weighted by atomic mass is 79.9. The van der Waals surface area contributed by atoms with Crippen LogP contribution in [-0.2, 0) is 16.2 Å². The van der Waals surface area contributed by atoms with Crippen LogP contribution in [0.5, 0.6) is 11.5 Å². The van der Waals surface area contributed by atoms with Crippen LogP contribution in [0.2, 0.25) is 5.02 Å². The van der Waals surface area contributed by atoms with Crippen LogP contribution >= 0.6 is 27.5 Å². The van der Waals surface area contributed by atoms with Crippen molar-refractivity contribution in [3.63, 3.8) is 0 Å². The van der Waals surface area contributed by atoms with E-state index in [1.807, 2.05) is 0 Å². The average Bonchev–Trinajstić information content (AvgIpc) is 2.80. The Balaban J connectivity index is 1.62. The molecule has 2 N–H and O–H groups in total. The number of hydrogen-bond acceptors (Lipinski definition) is 5. The highest BCUT2D eigenvalue weighted by Crippen LogP contribution is 2.37. The Morgan fingerprint density at radius 2 is 1.85 bits per heavy atom. The van der Waals surface area contributed by atoms with E-state index in [9.17, 15) is 14.0 Å². The first-order valence-corrected chi connectivity index (χ1v) is 10.7. The number of anilines is 1. The molecule has 0 spiro atoms. The second-order valence-electron chi connectivity index (χ2n) is 6.57.